The average Bonchev–Trinajstić information content (AvgIpc) is 3.71. The van der Waals surface area contributed by atoms with Crippen LogP contribution in [0.25, 0.3) is 55.8 Å². The molecular formula is C32H28FN7. The Morgan fingerprint density at radius 3 is 2.67 bits per heavy atom. The van der Waals surface area contributed by atoms with Gasteiger partial charge in [0, 0.05) is 34.6 Å². The van der Waals surface area contributed by atoms with Crippen molar-refractivity contribution in [2.45, 2.75) is 32.6 Å². The highest BCUT2D eigenvalue weighted by Crippen LogP contribution is 2.34. The number of halogens is 1. The van der Waals surface area contributed by atoms with Crippen LogP contribution in [-0.2, 0) is 0 Å². The molecule has 8 heteroatoms. The first-order chi connectivity index (χ1) is 19.5. The molecule has 3 N–H and O–H groups in total. The molecule has 1 aliphatic carbocycles. The zero-order chi connectivity index (χ0) is 27.2. The molecule has 0 radical (unpaired) electrons. The van der Waals surface area contributed by atoms with Gasteiger partial charge in [-0.25, -0.2) is 9.37 Å². The number of nitrogens with zero attached hydrogens (tertiary/aromatic N) is 4. The normalized spacial score (nSPS) is 13.8. The topological polar surface area (TPSA) is 95.2 Å². The molecule has 0 atom stereocenters. The lowest BCUT2D eigenvalue weighted by Gasteiger charge is -2.16. The van der Waals surface area contributed by atoms with Crippen LogP contribution in [0.1, 0.15) is 31.2 Å². The number of fused-ring (bicyclic) bond motifs is 2. The molecule has 0 bridgehead atoms. The number of anilines is 1. The van der Waals surface area contributed by atoms with Crippen molar-refractivity contribution in [1.29, 1.82) is 0 Å². The van der Waals surface area contributed by atoms with E-state index < -0.39 is 0 Å². The number of aromatic nitrogens is 6. The summed E-state index contributed by atoms with van der Waals surface area (Å²) in [7, 11) is 0. The van der Waals surface area contributed by atoms with Gasteiger partial charge < -0.3 is 10.3 Å². The summed E-state index contributed by atoms with van der Waals surface area (Å²) in [5.41, 5.74) is 9.23. The molecular weight excluding hydrogens is 501 g/mol. The van der Waals surface area contributed by atoms with Gasteiger partial charge in [-0.1, -0.05) is 25.5 Å². The fourth-order valence-corrected chi connectivity index (χ4v) is 5.73. The third-order valence-electron chi connectivity index (χ3n) is 7.73. The van der Waals surface area contributed by atoms with Crippen molar-refractivity contribution in [2.24, 2.45) is 5.92 Å². The van der Waals surface area contributed by atoms with Crippen molar-refractivity contribution < 1.29 is 4.39 Å². The van der Waals surface area contributed by atoms with Crippen molar-refractivity contribution in [3.05, 3.63) is 90.8 Å². The van der Waals surface area contributed by atoms with Gasteiger partial charge >= 0.3 is 0 Å². The number of imidazole rings is 1. The Bertz CT molecular complexity index is 1870. The Morgan fingerprint density at radius 2 is 1.82 bits per heavy atom. The third-order valence-corrected chi connectivity index (χ3v) is 7.73. The minimum absolute atomic E-state index is 0.299. The smallest absolute Gasteiger partial charge is 0.159 e. The molecule has 198 valence electrons. The van der Waals surface area contributed by atoms with Crippen LogP contribution in [-0.4, -0.2) is 30.1 Å². The minimum atomic E-state index is -0.299. The van der Waals surface area contributed by atoms with Gasteiger partial charge in [-0.3, -0.25) is 15.1 Å². The van der Waals surface area contributed by atoms with E-state index in [1.807, 2.05) is 37.5 Å². The van der Waals surface area contributed by atoms with E-state index in [4.69, 9.17) is 4.98 Å². The van der Waals surface area contributed by atoms with Crippen molar-refractivity contribution in [2.75, 3.05) is 5.32 Å². The number of aryl methyl sites for hydroxylation is 1. The Balaban J connectivity index is 1.25. The maximum atomic E-state index is 14.2. The second-order valence-corrected chi connectivity index (χ2v) is 10.6. The number of H-pyrrole nitrogens is 2. The van der Waals surface area contributed by atoms with Crippen LogP contribution in [0.4, 0.5) is 10.1 Å². The summed E-state index contributed by atoms with van der Waals surface area (Å²) in [4.78, 5) is 17.3. The van der Waals surface area contributed by atoms with Gasteiger partial charge in [-0.2, -0.15) is 5.10 Å². The minimum Gasteiger partial charge on any atom is -0.358 e. The Labute approximate surface area is 230 Å². The fourth-order valence-electron chi connectivity index (χ4n) is 5.73. The lowest BCUT2D eigenvalue weighted by molar-refractivity contribution is 0.627. The van der Waals surface area contributed by atoms with Gasteiger partial charge in [0.1, 0.15) is 17.0 Å². The maximum absolute atomic E-state index is 14.2. The van der Waals surface area contributed by atoms with Gasteiger partial charge in [0.05, 0.1) is 28.6 Å². The van der Waals surface area contributed by atoms with Crippen LogP contribution in [0.3, 0.4) is 0 Å². The van der Waals surface area contributed by atoms with Gasteiger partial charge in [-0.15, -0.1) is 0 Å². The summed E-state index contributed by atoms with van der Waals surface area (Å²) < 4.78 is 14.2. The molecule has 40 heavy (non-hydrogen) atoms. The lowest BCUT2D eigenvalue weighted by atomic mass is 10.0. The van der Waals surface area contributed by atoms with Crippen molar-refractivity contribution in [1.82, 2.24) is 30.1 Å². The zero-order valence-electron chi connectivity index (χ0n) is 22.1. The molecule has 0 aliphatic heterocycles. The van der Waals surface area contributed by atoms with Crippen molar-refractivity contribution >= 4 is 27.6 Å². The van der Waals surface area contributed by atoms with E-state index >= 15 is 0 Å². The molecule has 2 aromatic carbocycles. The number of aromatic amines is 2. The highest BCUT2D eigenvalue weighted by molar-refractivity contribution is 5.97. The summed E-state index contributed by atoms with van der Waals surface area (Å²) in [5, 5.41) is 12.1. The molecule has 7 nitrogen and oxygen atoms in total. The van der Waals surface area contributed by atoms with E-state index in [-0.39, 0.29) is 5.82 Å². The van der Waals surface area contributed by atoms with Gasteiger partial charge in [-0.05, 0) is 79.3 Å². The summed E-state index contributed by atoms with van der Waals surface area (Å²) in [6, 6.07) is 15.0. The lowest BCUT2D eigenvalue weighted by Crippen LogP contribution is -2.07. The molecule has 1 saturated carbocycles. The maximum Gasteiger partial charge on any atom is 0.159 e. The molecule has 7 rings (SSSR count). The second-order valence-electron chi connectivity index (χ2n) is 10.6. The summed E-state index contributed by atoms with van der Waals surface area (Å²) in [6.07, 6.45) is 10.3. The van der Waals surface area contributed by atoms with Crippen LogP contribution < -0.4 is 5.32 Å². The second kappa shape index (κ2) is 9.72. The molecule has 0 amide bonds. The first-order valence-corrected chi connectivity index (χ1v) is 13.5. The highest BCUT2D eigenvalue weighted by atomic mass is 19.1. The number of pyridine rings is 2. The van der Waals surface area contributed by atoms with E-state index in [9.17, 15) is 4.39 Å². The number of nitrogens with one attached hydrogen (secondary N) is 3. The van der Waals surface area contributed by atoms with Crippen LogP contribution in [0.15, 0.2) is 79.4 Å². The molecule has 0 saturated heterocycles. The monoisotopic (exact) mass is 529 g/mol. The standard InChI is InChI=1S/C32H28FN7/c1-18-11-22(13-24(33)12-18)29-31-28(9-10-35-29)37-32(38-31)30-26-15-21(7-8-27(26)39-40-30)23-14-25(17-34-16-23)36-19(2)20-5-3-4-6-20/h7-17,20,36H,2-6H2,1H3,(H,37,38)(H,39,40). The molecule has 1 aliphatic rings. The van der Waals surface area contributed by atoms with E-state index in [0.717, 1.165) is 44.5 Å². The molecule has 6 aromatic rings. The predicted molar refractivity (Wildman–Crippen MR) is 157 cm³/mol. The number of rotatable bonds is 6. The van der Waals surface area contributed by atoms with E-state index in [1.54, 1.807) is 6.20 Å². The number of allylic oxidation sites excluding steroid dienone is 1. The summed E-state index contributed by atoms with van der Waals surface area (Å²) >= 11 is 0. The van der Waals surface area contributed by atoms with Crippen LogP contribution in [0, 0.1) is 18.7 Å². The van der Waals surface area contributed by atoms with E-state index in [2.05, 4.69) is 55.2 Å². The SMILES string of the molecule is C=C(Nc1cncc(-c2ccc3[nH]nc(-c4nc5c(-c6cc(C)cc(F)c6)nccc5[nH]4)c3c2)c1)C1CCCC1. The van der Waals surface area contributed by atoms with Gasteiger partial charge in [0.2, 0.25) is 0 Å². The van der Waals surface area contributed by atoms with E-state index in [1.165, 1.54) is 37.8 Å². The quantitative estimate of drug-likeness (QED) is 0.205. The molecule has 4 aromatic heterocycles. The highest BCUT2D eigenvalue weighted by Gasteiger charge is 2.19. The van der Waals surface area contributed by atoms with Crippen LogP contribution in [0.5, 0.6) is 0 Å². The number of benzene rings is 2. The molecule has 0 spiro atoms. The number of hydrogen-bond donors (Lipinski definition) is 3. The number of hydrogen-bond acceptors (Lipinski definition) is 5. The Kier molecular flexibility index (Phi) is 5.88. The van der Waals surface area contributed by atoms with E-state index in [0.29, 0.717) is 34.2 Å². The van der Waals surface area contributed by atoms with Gasteiger partial charge in [0.15, 0.2) is 5.82 Å². The summed E-state index contributed by atoms with van der Waals surface area (Å²) in [5.74, 6) is 0.840. The largest absolute Gasteiger partial charge is 0.358 e. The fraction of sp³-hybridized carbons (Fsp3) is 0.188. The molecule has 4 heterocycles. The van der Waals surface area contributed by atoms with Crippen LogP contribution >= 0.6 is 0 Å². The average molecular weight is 530 g/mol. The predicted octanol–water partition coefficient (Wildman–Crippen LogP) is 7.79. The first kappa shape index (κ1) is 24.2. The van der Waals surface area contributed by atoms with Gasteiger partial charge in [0.25, 0.3) is 0 Å². The zero-order valence-corrected chi connectivity index (χ0v) is 22.1. The Morgan fingerprint density at radius 1 is 0.950 bits per heavy atom. The third kappa shape index (κ3) is 4.41. The van der Waals surface area contributed by atoms with Crippen molar-refractivity contribution in [3.63, 3.8) is 0 Å². The summed E-state index contributed by atoms with van der Waals surface area (Å²) in [6.45, 7) is 6.15. The van der Waals surface area contributed by atoms with Crippen LogP contribution in [0.2, 0.25) is 0 Å². The first-order valence-electron chi connectivity index (χ1n) is 13.5. The molecule has 1 fully saturated rings. The Hall–Kier alpha value is -4.85. The molecule has 0 unspecified atom stereocenters. The van der Waals surface area contributed by atoms with Crippen molar-refractivity contribution in [3.8, 4) is 33.9 Å².